The summed E-state index contributed by atoms with van der Waals surface area (Å²) in [6.07, 6.45) is 1.47. The molecule has 0 radical (unpaired) electrons. The summed E-state index contributed by atoms with van der Waals surface area (Å²) in [4.78, 5) is 11.7. The Labute approximate surface area is 110 Å². The number of carbonyl (C=O) groups is 1. The minimum atomic E-state index is -0.989. The van der Waals surface area contributed by atoms with Crippen LogP contribution < -0.4 is 0 Å². The Hall–Kier alpha value is -1.17. The van der Waals surface area contributed by atoms with Gasteiger partial charge in [-0.15, -0.1) is 0 Å². The van der Waals surface area contributed by atoms with Crippen molar-refractivity contribution < 1.29 is 13.7 Å². The van der Waals surface area contributed by atoms with Crippen molar-refractivity contribution >= 4 is 16.8 Å². The third-order valence-corrected chi connectivity index (χ3v) is 4.01. The highest BCUT2D eigenvalue weighted by Crippen LogP contribution is 2.13. The third kappa shape index (κ3) is 3.94. The predicted molar refractivity (Wildman–Crippen MR) is 70.7 cm³/mol. The van der Waals surface area contributed by atoms with Crippen LogP contribution in [-0.4, -0.2) is 32.3 Å². The Morgan fingerprint density at radius 3 is 2.78 bits per heavy atom. The topological polar surface area (TPSA) is 61.2 Å². The van der Waals surface area contributed by atoms with Crippen LogP contribution in [0.15, 0.2) is 6.20 Å². The molecule has 0 aliphatic heterocycles. The summed E-state index contributed by atoms with van der Waals surface area (Å²) in [5, 5.41) is 4.03. The van der Waals surface area contributed by atoms with Crippen LogP contribution in [-0.2, 0) is 28.3 Å². The molecule has 1 aromatic heterocycles. The van der Waals surface area contributed by atoms with Crippen LogP contribution in [0.25, 0.3) is 0 Å². The summed E-state index contributed by atoms with van der Waals surface area (Å²) in [5.41, 5.74) is 1.09. The average molecular weight is 272 g/mol. The fourth-order valence-corrected chi connectivity index (χ4v) is 3.11. The van der Waals surface area contributed by atoms with Crippen molar-refractivity contribution in [2.75, 3.05) is 12.4 Å². The SMILES string of the molecule is CCOC(=O)c1cnn(C)c1CS(=O)CC(C)C. The first-order chi connectivity index (χ1) is 8.45. The van der Waals surface area contributed by atoms with Crippen LogP contribution in [0.4, 0.5) is 0 Å². The molecule has 0 spiro atoms. The van der Waals surface area contributed by atoms with E-state index in [9.17, 15) is 9.00 Å². The molecule has 102 valence electrons. The Kier molecular flexibility index (Phi) is 5.53. The van der Waals surface area contributed by atoms with Crippen LogP contribution in [0.1, 0.15) is 36.8 Å². The largest absolute Gasteiger partial charge is 0.462 e. The molecule has 0 saturated carbocycles. The number of aryl methyl sites for hydroxylation is 1. The predicted octanol–water partition coefficient (Wildman–Crippen LogP) is 1.50. The minimum Gasteiger partial charge on any atom is -0.462 e. The monoisotopic (exact) mass is 272 g/mol. The summed E-state index contributed by atoms with van der Waals surface area (Å²) in [5.74, 6) is 0.920. The molecule has 5 nitrogen and oxygen atoms in total. The van der Waals surface area contributed by atoms with Gasteiger partial charge in [0.15, 0.2) is 0 Å². The van der Waals surface area contributed by atoms with Crippen molar-refractivity contribution in [1.82, 2.24) is 9.78 Å². The second kappa shape index (κ2) is 6.68. The van der Waals surface area contributed by atoms with E-state index in [4.69, 9.17) is 4.74 Å². The van der Waals surface area contributed by atoms with E-state index in [0.717, 1.165) is 0 Å². The van der Waals surface area contributed by atoms with Crippen LogP contribution in [0, 0.1) is 5.92 Å². The summed E-state index contributed by atoms with van der Waals surface area (Å²) >= 11 is 0. The Morgan fingerprint density at radius 1 is 1.56 bits per heavy atom. The van der Waals surface area contributed by atoms with Gasteiger partial charge in [-0.25, -0.2) is 4.79 Å². The molecule has 0 aliphatic carbocycles. The lowest BCUT2D eigenvalue weighted by Gasteiger charge is -2.07. The van der Waals surface area contributed by atoms with E-state index in [1.807, 2.05) is 13.8 Å². The number of rotatable bonds is 6. The van der Waals surface area contributed by atoms with E-state index < -0.39 is 16.8 Å². The van der Waals surface area contributed by atoms with Gasteiger partial charge in [0.2, 0.25) is 0 Å². The third-order valence-electron chi connectivity index (χ3n) is 2.37. The van der Waals surface area contributed by atoms with Gasteiger partial charge in [-0.1, -0.05) is 13.8 Å². The normalized spacial score (nSPS) is 12.7. The molecule has 1 unspecified atom stereocenters. The highest BCUT2D eigenvalue weighted by molar-refractivity contribution is 7.84. The fraction of sp³-hybridized carbons (Fsp3) is 0.667. The zero-order chi connectivity index (χ0) is 13.7. The molecule has 0 amide bonds. The number of ether oxygens (including phenoxy) is 1. The lowest BCUT2D eigenvalue weighted by molar-refractivity contribution is 0.0525. The van der Waals surface area contributed by atoms with Gasteiger partial charge in [0.25, 0.3) is 0 Å². The molecule has 1 heterocycles. The van der Waals surface area contributed by atoms with Gasteiger partial charge in [0.05, 0.1) is 24.3 Å². The molecule has 1 rings (SSSR count). The quantitative estimate of drug-likeness (QED) is 0.736. The van der Waals surface area contributed by atoms with E-state index in [1.54, 1.807) is 18.7 Å². The van der Waals surface area contributed by atoms with Crippen molar-refractivity contribution in [1.29, 1.82) is 0 Å². The molecule has 6 heteroatoms. The maximum atomic E-state index is 11.9. The highest BCUT2D eigenvalue weighted by atomic mass is 32.2. The fourth-order valence-electron chi connectivity index (χ4n) is 1.60. The van der Waals surface area contributed by atoms with Gasteiger partial charge in [0.1, 0.15) is 5.56 Å². The van der Waals surface area contributed by atoms with Gasteiger partial charge < -0.3 is 4.74 Å². The van der Waals surface area contributed by atoms with Crippen LogP contribution in [0.2, 0.25) is 0 Å². The van der Waals surface area contributed by atoms with E-state index in [2.05, 4.69) is 5.10 Å². The van der Waals surface area contributed by atoms with Gasteiger partial charge >= 0.3 is 5.97 Å². The van der Waals surface area contributed by atoms with Gasteiger partial charge in [-0.3, -0.25) is 8.89 Å². The summed E-state index contributed by atoms with van der Waals surface area (Å²) in [6, 6.07) is 0. The Bertz CT molecular complexity index is 441. The van der Waals surface area contributed by atoms with Crippen molar-refractivity contribution in [2.45, 2.75) is 26.5 Å². The molecule has 0 fully saturated rings. The Balaban J connectivity index is 2.84. The van der Waals surface area contributed by atoms with Crippen molar-refractivity contribution in [3.8, 4) is 0 Å². The van der Waals surface area contributed by atoms with E-state index in [1.165, 1.54) is 6.20 Å². The first kappa shape index (κ1) is 14.9. The number of nitrogens with zero attached hydrogens (tertiary/aromatic N) is 2. The van der Waals surface area contributed by atoms with Crippen molar-refractivity contribution in [3.05, 3.63) is 17.5 Å². The summed E-state index contributed by atoms with van der Waals surface area (Å²) in [7, 11) is 0.752. The number of carbonyl (C=O) groups excluding carboxylic acids is 1. The zero-order valence-corrected chi connectivity index (χ0v) is 12.1. The van der Waals surface area contributed by atoms with Gasteiger partial charge in [0, 0.05) is 23.6 Å². The van der Waals surface area contributed by atoms with E-state index in [0.29, 0.717) is 35.3 Å². The molecule has 0 aromatic carbocycles. The molecule has 18 heavy (non-hydrogen) atoms. The molecular formula is C12H20N2O3S. The Morgan fingerprint density at radius 2 is 2.22 bits per heavy atom. The van der Waals surface area contributed by atoms with Crippen LogP contribution in [0.3, 0.4) is 0 Å². The van der Waals surface area contributed by atoms with E-state index in [-0.39, 0.29) is 0 Å². The van der Waals surface area contributed by atoms with Gasteiger partial charge in [-0.05, 0) is 12.8 Å². The standard InChI is InChI=1S/C12H20N2O3S/c1-5-17-12(15)10-6-13-14(4)11(10)8-18(16)7-9(2)3/h6,9H,5,7-8H2,1-4H3. The zero-order valence-electron chi connectivity index (χ0n) is 11.3. The molecule has 0 bridgehead atoms. The van der Waals surface area contributed by atoms with Crippen molar-refractivity contribution in [2.24, 2.45) is 13.0 Å². The van der Waals surface area contributed by atoms with Crippen molar-refractivity contribution in [3.63, 3.8) is 0 Å². The second-order valence-corrected chi connectivity index (χ2v) is 6.00. The molecule has 0 N–H and O–H groups in total. The van der Waals surface area contributed by atoms with E-state index >= 15 is 0 Å². The second-order valence-electron chi connectivity index (χ2n) is 4.49. The van der Waals surface area contributed by atoms with Crippen LogP contribution >= 0.6 is 0 Å². The molecular weight excluding hydrogens is 252 g/mol. The number of esters is 1. The summed E-state index contributed by atoms with van der Waals surface area (Å²) < 4.78 is 18.5. The lowest BCUT2D eigenvalue weighted by atomic mass is 10.2. The minimum absolute atomic E-state index is 0.322. The van der Waals surface area contributed by atoms with Crippen LogP contribution in [0.5, 0.6) is 0 Å². The lowest BCUT2D eigenvalue weighted by Crippen LogP contribution is -2.13. The number of hydrogen-bond acceptors (Lipinski definition) is 4. The molecule has 0 saturated heterocycles. The maximum Gasteiger partial charge on any atom is 0.341 e. The summed E-state index contributed by atoms with van der Waals surface area (Å²) in [6.45, 7) is 6.12. The average Bonchev–Trinajstić information content (AvgIpc) is 2.60. The number of hydrogen-bond donors (Lipinski definition) is 0. The molecule has 0 aliphatic rings. The van der Waals surface area contributed by atoms with Gasteiger partial charge in [-0.2, -0.15) is 5.10 Å². The number of aromatic nitrogens is 2. The first-order valence-corrected chi connectivity index (χ1v) is 7.47. The smallest absolute Gasteiger partial charge is 0.341 e. The molecule has 1 aromatic rings. The maximum absolute atomic E-state index is 11.9. The molecule has 1 atom stereocenters. The first-order valence-electron chi connectivity index (χ1n) is 5.98. The highest BCUT2D eigenvalue weighted by Gasteiger charge is 2.19.